The molecule has 0 heterocycles. The number of carbonyl (C=O) groups excluding carboxylic acids is 2. The van der Waals surface area contributed by atoms with Crippen LogP contribution in [-0.2, 0) is 19.1 Å². The zero-order valence-electron chi connectivity index (χ0n) is 9.80. The third kappa shape index (κ3) is 3.75. The van der Waals surface area contributed by atoms with Gasteiger partial charge < -0.3 is 9.47 Å². The van der Waals surface area contributed by atoms with E-state index in [0.717, 1.165) is 6.08 Å². The average Bonchev–Trinajstić information content (AvgIpc) is 2.36. The molecule has 1 aromatic rings. The number of hydrogen-bond donors (Lipinski definition) is 0. The van der Waals surface area contributed by atoms with Crippen molar-refractivity contribution in [2.45, 2.75) is 6.92 Å². The molecule has 4 heteroatoms. The maximum Gasteiger partial charge on any atom is 0.338 e. The first-order chi connectivity index (χ1) is 8.19. The summed E-state index contributed by atoms with van der Waals surface area (Å²) in [5, 5.41) is 0. The molecule has 0 amide bonds. The van der Waals surface area contributed by atoms with Gasteiger partial charge in [-0.05, 0) is 12.5 Å². The molecule has 0 spiro atoms. The highest BCUT2D eigenvalue weighted by Crippen LogP contribution is 2.15. The van der Waals surface area contributed by atoms with Gasteiger partial charge in [-0.25, -0.2) is 9.59 Å². The van der Waals surface area contributed by atoms with Crippen LogP contribution in [-0.4, -0.2) is 25.7 Å². The highest BCUT2D eigenvalue weighted by molar-refractivity contribution is 6.20. The van der Waals surface area contributed by atoms with Crippen LogP contribution in [0.4, 0.5) is 0 Å². The van der Waals surface area contributed by atoms with Gasteiger partial charge in [-0.2, -0.15) is 0 Å². The zero-order valence-corrected chi connectivity index (χ0v) is 9.80. The van der Waals surface area contributed by atoms with Crippen molar-refractivity contribution in [3.8, 4) is 0 Å². The third-order valence-corrected chi connectivity index (χ3v) is 2.04. The largest absolute Gasteiger partial charge is 0.465 e. The molecule has 0 N–H and O–H groups in total. The van der Waals surface area contributed by atoms with Gasteiger partial charge in [0.15, 0.2) is 0 Å². The quantitative estimate of drug-likeness (QED) is 0.589. The highest BCUT2D eigenvalue weighted by atomic mass is 16.5. The Bertz CT molecular complexity index is 420. The molecule has 0 fully saturated rings. The summed E-state index contributed by atoms with van der Waals surface area (Å²) < 4.78 is 9.40. The number of benzene rings is 1. The minimum Gasteiger partial charge on any atom is -0.465 e. The lowest BCUT2D eigenvalue weighted by Gasteiger charge is -2.05. The van der Waals surface area contributed by atoms with Crippen molar-refractivity contribution in [1.82, 2.24) is 0 Å². The molecule has 0 bridgehead atoms. The summed E-state index contributed by atoms with van der Waals surface area (Å²) in [6, 6.07) is 8.82. The van der Waals surface area contributed by atoms with Crippen molar-refractivity contribution in [1.29, 1.82) is 0 Å². The molecular formula is C13H14O4. The second kappa shape index (κ2) is 6.48. The van der Waals surface area contributed by atoms with Crippen molar-refractivity contribution >= 4 is 17.5 Å². The topological polar surface area (TPSA) is 52.6 Å². The van der Waals surface area contributed by atoms with E-state index in [2.05, 4.69) is 4.74 Å². The maximum absolute atomic E-state index is 11.6. The van der Waals surface area contributed by atoms with Crippen LogP contribution in [0.2, 0.25) is 0 Å². The Labute approximate surface area is 99.8 Å². The Morgan fingerprint density at radius 1 is 1.24 bits per heavy atom. The Morgan fingerprint density at radius 2 is 1.88 bits per heavy atom. The maximum atomic E-state index is 11.6. The molecular weight excluding hydrogens is 220 g/mol. The predicted octanol–water partition coefficient (Wildman–Crippen LogP) is 1.81. The van der Waals surface area contributed by atoms with Gasteiger partial charge in [-0.3, -0.25) is 0 Å². The van der Waals surface area contributed by atoms with Crippen LogP contribution in [0.3, 0.4) is 0 Å². The molecule has 4 nitrogen and oxygen atoms in total. The average molecular weight is 234 g/mol. The number of esters is 2. The fourth-order valence-corrected chi connectivity index (χ4v) is 1.29. The molecule has 0 radical (unpaired) electrons. The fraction of sp³-hybridized carbons (Fsp3) is 0.231. The summed E-state index contributed by atoms with van der Waals surface area (Å²) in [5.41, 5.74) is 0.805. The van der Waals surface area contributed by atoms with Crippen LogP contribution in [0.1, 0.15) is 12.5 Å². The number of rotatable bonds is 4. The van der Waals surface area contributed by atoms with Crippen LogP contribution >= 0.6 is 0 Å². The second-order valence-electron chi connectivity index (χ2n) is 3.17. The number of methoxy groups -OCH3 is 1. The first-order valence-electron chi connectivity index (χ1n) is 5.21. The van der Waals surface area contributed by atoms with Gasteiger partial charge in [0.05, 0.1) is 19.3 Å². The summed E-state index contributed by atoms with van der Waals surface area (Å²) in [7, 11) is 1.27. The highest BCUT2D eigenvalue weighted by Gasteiger charge is 2.14. The predicted molar refractivity (Wildman–Crippen MR) is 63.1 cm³/mol. The number of ether oxygens (including phenoxy) is 2. The van der Waals surface area contributed by atoms with Crippen LogP contribution in [0, 0.1) is 0 Å². The van der Waals surface area contributed by atoms with E-state index in [-0.39, 0.29) is 12.2 Å². The van der Waals surface area contributed by atoms with Crippen molar-refractivity contribution in [3.05, 3.63) is 42.0 Å². The van der Waals surface area contributed by atoms with Crippen LogP contribution in [0.15, 0.2) is 36.4 Å². The van der Waals surface area contributed by atoms with Crippen LogP contribution < -0.4 is 0 Å². The molecule has 0 aliphatic heterocycles. The van der Waals surface area contributed by atoms with Gasteiger partial charge in [0.2, 0.25) is 0 Å². The van der Waals surface area contributed by atoms with Gasteiger partial charge in [0.1, 0.15) is 0 Å². The molecule has 0 unspecified atom stereocenters. The van der Waals surface area contributed by atoms with Gasteiger partial charge in [0, 0.05) is 6.08 Å². The normalized spacial score (nSPS) is 10.8. The molecule has 0 aromatic heterocycles. The summed E-state index contributed by atoms with van der Waals surface area (Å²) in [4.78, 5) is 22.9. The van der Waals surface area contributed by atoms with Gasteiger partial charge >= 0.3 is 11.9 Å². The molecule has 0 aliphatic rings. The first-order valence-corrected chi connectivity index (χ1v) is 5.21. The minimum absolute atomic E-state index is 0.187. The van der Waals surface area contributed by atoms with Gasteiger partial charge in [-0.15, -0.1) is 0 Å². The van der Waals surface area contributed by atoms with Crippen molar-refractivity contribution < 1.29 is 19.1 Å². The lowest BCUT2D eigenvalue weighted by atomic mass is 10.1. The van der Waals surface area contributed by atoms with Crippen molar-refractivity contribution in [2.75, 3.05) is 13.7 Å². The van der Waals surface area contributed by atoms with E-state index in [1.807, 2.05) is 6.07 Å². The Morgan fingerprint density at radius 3 is 2.41 bits per heavy atom. The van der Waals surface area contributed by atoms with Crippen LogP contribution in [0.25, 0.3) is 5.57 Å². The summed E-state index contributed by atoms with van der Waals surface area (Å²) in [6.07, 6.45) is 1.14. The van der Waals surface area contributed by atoms with E-state index in [4.69, 9.17) is 4.74 Å². The van der Waals surface area contributed by atoms with Gasteiger partial charge in [0.25, 0.3) is 0 Å². The smallest absolute Gasteiger partial charge is 0.338 e. The molecule has 0 aliphatic carbocycles. The van der Waals surface area contributed by atoms with Crippen molar-refractivity contribution in [2.24, 2.45) is 0 Å². The van der Waals surface area contributed by atoms with Crippen molar-refractivity contribution in [3.63, 3.8) is 0 Å². The molecule has 0 atom stereocenters. The number of hydrogen-bond acceptors (Lipinski definition) is 4. The summed E-state index contributed by atoms with van der Waals surface area (Å²) in [6.45, 7) is 1.96. The first kappa shape index (κ1) is 13.0. The minimum atomic E-state index is -0.566. The van der Waals surface area contributed by atoms with E-state index in [1.165, 1.54) is 7.11 Å². The van der Waals surface area contributed by atoms with Crippen LogP contribution in [0.5, 0.6) is 0 Å². The Kier molecular flexibility index (Phi) is 4.94. The zero-order chi connectivity index (χ0) is 12.7. The third-order valence-electron chi connectivity index (χ3n) is 2.04. The molecule has 90 valence electrons. The van der Waals surface area contributed by atoms with E-state index in [1.54, 1.807) is 31.2 Å². The molecule has 1 aromatic carbocycles. The van der Waals surface area contributed by atoms with E-state index in [0.29, 0.717) is 5.56 Å². The summed E-state index contributed by atoms with van der Waals surface area (Å²) in [5.74, 6) is -1.12. The molecule has 0 saturated heterocycles. The molecule has 17 heavy (non-hydrogen) atoms. The SMILES string of the molecule is CCOC(=O)/C=C(\C(=O)OC)c1ccccc1. The van der Waals surface area contributed by atoms with E-state index < -0.39 is 11.9 Å². The second-order valence-corrected chi connectivity index (χ2v) is 3.17. The lowest BCUT2D eigenvalue weighted by Crippen LogP contribution is -2.08. The van der Waals surface area contributed by atoms with Gasteiger partial charge in [-0.1, -0.05) is 30.3 Å². The number of carbonyl (C=O) groups is 2. The fourth-order valence-electron chi connectivity index (χ4n) is 1.29. The Balaban J connectivity index is 3.05. The van der Waals surface area contributed by atoms with E-state index >= 15 is 0 Å². The monoisotopic (exact) mass is 234 g/mol. The molecule has 1 rings (SSSR count). The molecule has 0 saturated carbocycles. The summed E-state index contributed by atoms with van der Waals surface area (Å²) >= 11 is 0. The van der Waals surface area contributed by atoms with E-state index in [9.17, 15) is 9.59 Å². The standard InChI is InChI=1S/C13H14O4/c1-3-17-12(14)9-11(13(15)16-2)10-7-5-4-6-8-10/h4-9H,3H2,1-2H3/b11-9-. The lowest BCUT2D eigenvalue weighted by molar-refractivity contribution is -0.138. The Hall–Kier alpha value is -2.10.